The van der Waals surface area contributed by atoms with Gasteiger partial charge in [-0.05, 0) is 31.6 Å². The molecule has 2 aromatic heterocycles. The summed E-state index contributed by atoms with van der Waals surface area (Å²) in [6.45, 7) is 4.62. The van der Waals surface area contributed by atoms with Gasteiger partial charge in [-0.1, -0.05) is 120 Å². The molecule has 0 N–H and O–H groups in total. The van der Waals surface area contributed by atoms with Crippen molar-refractivity contribution in [2.24, 2.45) is 0 Å². The van der Waals surface area contributed by atoms with E-state index in [0.29, 0.717) is 0 Å². The summed E-state index contributed by atoms with van der Waals surface area (Å²) in [5.74, 6) is 0. The average molecular weight is 767 g/mol. The topological polar surface area (TPSA) is 0 Å². The van der Waals surface area contributed by atoms with E-state index in [0.717, 1.165) is 0 Å². The zero-order chi connectivity index (χ0) is 30.3. The fourth-order valence-corrected chi connectivity index (χ4v) is 6.81. The molecule has 0 radical (unpaired) electrons. The van der Waals surface area contributed by atoms with Crippen molar-refractivity contribution in [1.29, 1.82) is 0 Å². The molecule has 0 saturated carbocycles. The number of halogens is 2. The van der Waals surface area contributed by atoms with Crippen LogP contribution in [0.25, 0.3) is 64.7 Å². The number of rotatable bonds is 4. The van der Waals surface area contributed by atoms with Gasteiger partial charge in [-0.2, -0.15) is 22.7 Å². The van der Waals surface area contributed by atoms with E-state index < -0.39 is 0 Å². The minimum Gasteiger partial charge on any atom is -1.00 e. The summed E-state index contributed by atoms with van der Waals surface area (Å²) in [4.78, 5) is 2.67. The van der Waals surface area contributed by atoms with Gasteiger partial charge in [0, 0.05) is 0 Å². The number of fused-ring (bicyclic) bond motifs is 2. The maximum atomic E-state index is 2.31. The summed E-state index contributed by atoms with van der Waals surface area (Å²) >= 11 is 5.32. The first kappa shape index (κ1) is 36.0. The van der Waals surface area contributed by atoms with E-state index in [9.17, 15) is 0 Å². The summed E-state index contributed by atoms with van der Waals surface area (Å²) in [5, 5.41) is 9.56. The average Bonchev–Trinajstić information content (AvgIpc) is 3.87. The van der Waals surface area contributed by atoms with Crippen molar-refractivity contribution in [3.8, 4) is 43.1 Å². The SMILES string of the molecule is C[Si](C)=[Zr+2].[Cl-].[Cl-].c1ccc(-c2cccc3[cH-]c(-c4cccs4)cc23)cc1.c1ccc(-c2cccc3[cH-]c(-c4cccs4)cc23)cc1. The van der Waals surface area contributed by atoms with E-state index in [4.69, 9.17) is 0 Å². The third-order valence-electron chi connectivity index (χ3n) is 7.28. The largest absolute Gasteiger partial charge is 1.00 e. The van der Waals surface area contributed by atoms with Crippen LogP contribution in [0.3, 0.4) is 0 Å². The van der Waals surface area contributed by atoms with Gasteiger partial charge in [0.15, 0.2) is 0 Å². The molecule has 46 heavy (non-hydrogen) atoms. The Kier molecular flexibility index (Phi) is 13.6. The molecule has 0 bridgehead atoms. The number of hydrogen-bond acceptors (Lipinski definition) is 2. The van der Waals surface area contributed by atoms with Crippen LogP contribution in [0.4, 0.5) is 0 Å². The van der Waals surface area contributed by atoms with Crippen molar-refractivity contribution in [2.75, 3.05) is 0 Å². The molecule has 0 fully saturated rings. The van der Waals surface area contributed by atoms with Crippen molar-refractivity contribution in [3.63, 3.8) is 0 Å². The maximum Gasteiger partial charge on any atom is -0.0174 e. The number of hydrogen-bond donors (Lipinski definition) is 0. The molecule has 6 heteroatoms. The van der Waals surface area contributed by atoms with Crippen molar-refractivity contribution in [3.05, 3.63) is 156 Å². The third kappa shape index (κ3) is 8.75. The molecule has 2 heterocycles. The van der Waals surface area contributed by atoms with Crippen LogP contribution >= 0.6 is 22.7 Å². The molecule has 0 aliphatic rings. The Labute approximate surface area is 307 Å². The zero-order valence-electron chi connectivity index (χ0n) is 25.6. The molecule has 0 nitrogen and oxygen atoms in total. The molecule has 8 aromatic rings. The van der Waals surface area contributed by atoms with E-state index in [1.807, 2.05) is 0 Å². The van der Waals surface area contributed by atoms with E-state index in [1.165, 1.54) is 64.7 Å². The summed E-state index contributed by atoms with van der Waals surface area (Å²) < 4.78 is 0. The van der Waals surface area contributed by atoms with Gasteiger partial charge < -0.3 is 24.8 Å². The summed E-state index contributed by atoms with van der Waals surface area (Å²) in [5.41, 5.74) is 8.03. The monoisotopic (exact) mass is 764 g/mol. The molecule has 0 spiro atoms. The smallest absolute Gasteiger partial charge is 0.0174 e. The first-order chi connectivity index (χ1) is 21.6. The van der Waals surface area contributed by atoms with Crippen LogP contribution in [0.1, 0.15) is 0 Å². The van der Waals surface area contributed by atoms with Crippen molar-refractivity contribution in [1.82, 2.24) is 0 Å². The van der Waals surface area contributed by atoms with Crippen molar-refractivity contribution in [2.45, 2.75) is 13.1 Å². The minimum absolute atomic E-state index is 0. The van der Waals surface area contributed by atoms with Crippen LogP contribution in [-0.4, -0.2) is 5.43 Å². The van der Waals surface area contributed by atoms with Crippen molar-refractivity contribution >= 4 is 49.7 Å². The van der Waals surface area contributed by atoms with Gasteiger partial charge in [-0.3, -0.25) is 0 Å². The Bertz CT molecular complexity index is 1940. The fraction of sp³-hybridized carbons (Fsp3) is 0.0500. The van der Waals surface area contributed by atoms with Gasteiger partial charge >= 0.3 is 41.9 Å². The first-order valence-electron chi connectivity index (χ1n) is 14.7. The second-order valence-electron chi connectivity index (χ2n) is 10.8. The van der Waals surface area contributed by atoms with Gasteiger partial charge in [0.2, 0.25) is 0 Å². The van der Waals surface area contributed by atoms with Gasteiger partial charge in [-0.15, -0.1) is 69.1 Å². The molecule has 6 aromatic carbocycles. The molecule has 0 aliphatic heterocycles. The van der Waals surface area contributed by atoms with Crippen LogP contribution < -0.4 is 24.8 Å². The molecule has 0 amide bonds. The summed E-state index contributed by atoms with van der Waals surface area (Å²) in [7, 11) is 0. The minimum atomic E-state index is 0. The number of thiophene rings is 2. The molecule has 0 aliphatic carbocycles. The Hall–Kier alpha value is -2.82. The molecular formula is C40H32Cl2S2SiZr-2. The first-order valence-corrected chi connectivity index (χ1v) is 22.6. The summed E-state index contributed by atoms with van der Waals surface area (Å²) in [6.07, 6.45) is 0. The van der Waals surface area contributed by atoms with E-state index in [1.54, 1.807) is 46.0 Å². The number of benzene rings is 4. The van der Waals surface area contributed by atoms with Crippen LogP contribution in [0.15, 0.2) is 156 Å². The van der Waals surface area contributed by atoms with E-state index >= 15 is 0 Å². The summed E-state index contributed by atoms with van der Waals surface area (Å²) in [6, 6.07) is 52.0. The molecule has 0 saturated heterocycles. The molecule has 8 rings (SSSR count). The Balaban J connectivity index is 0.000000180. The van der Waals surface area contributed by atoms with Gasteiger partial charge in [0.25, 0.3) is 0 Å². The van der Waals surface area contributed by atoms with Crippen LogP contribution in [-0.2, 0) is 23.3 Å². The van der Waals surface area contributed by atoms with Gasteiger partial charge in [0.05, 0.1) is 0 Å². The van der Waals surface area contributed by atoms with E-state index in [-0.39, 0.29) is 30.2 Å². The van der Waals surface area contributed by atoms with Crippen LogP contribution in [0.5, 0.6) is 0 Å². The molecule has 0 atom stereocenters. The van der Waals surface area contributed by atoms with Crippen molar-refractivity contribution < 1.29 is 48.1 Å². The maximum absolute atomic E-state index is 2.31. The second kappa shape index (κ2) is 17.4. The van der Waals surface area contributed by atoms with Crippen LogP contribution in [0.2, 0.25) is 13.1 Å². The Morgan fingerprint density at radius 1 is 0.500 bits per heavy atom. The predicted molar refractivity (Wildman–Crippen MR) is 194 cm³/mol. The van der Waals surface area contributed by atoms with Crippen LogP contribution in [0, 0.1) is 0 Å². The molecular weight excluding hydrogens is 735 g/mol. The Morgan fingerprint density at radius 3 is 1.24 bits per heavy atom. The normalized spacial score (nSPS) is 10.2. The van der Waals surface area contributed by atoms with E-state index in [2.05, 4.69) is 169 Å². The predicted octanol–water partition coefficient (Wildman–Crippen LogP) is 6.70. The standard InChI is InChI=1S/2C19H13S.C2H6Si.2ClH.Zr/c2*1-2-6-14(7-3-1)17-9-4-8-15-12-16(13-18(15)17)19-10-5-11-20-19;1-3-2;;;/h2*1-13H;1-2H3;2*1H;/q2*-1;;;;+2/p-2. The van der Waals surface area contributed by atoms with Gasteiger partial charge in [-0.25, -0.2) is 0 Å². The second-order valence-corrected chi connectivity index (χ2v) is 22.1. The quantitative estimate of drug-likeness (QED) is 0.138. The fourth-order valence-electron chi connectivity index (χ4n) is 5.38. The molecule has 228 valence electrons. The van der Waals surface area contributed by atoms with Gasteiger partial charge in [0.1, 0.15) is 0 Å². The Morgan fingerprint density at radius 2 is 0.891 bits per heavy atom. The third-order valence-corrected chi connectivity index (χ3v) is 9.12. The zero-order valence-corrected chi connectivity index (χ0v) is 32.2. The molecule has 0 unspecified atom stereocenters.